The van der Waals surface area contributed by atoms with Crippen molar-refractivity contribution in [2.45, 2.75) is 5.41 Å². The smallest absolute Gasteiger partial charge is 0.143 e. The van der Waals surface area contributed by atoms with Crippen molar-refractivity contribution in [3.63, 3.8) is 0 Å². The van der Waals surface area contributed by atoms with Gasteiger partial charge in [-0.3, -0.25) is 0 Å². The van der Waals surface area contributed by atoms with Crippen LogP contribution in [0.25, 0.3) is 65.7 Å². The first-order valence-electron chi connectivity index (χ1n) is 22.8. The van der Waals surface area contributed by atoms with Crippen LogP contribution in [0, 0.1) is 0 Å². The summed E-state index contributed by atoms with van der Waals surface area (Å²) in [4.78, 5) is 4.87. The Balaban J connectivity index is 1.08. The molecular formula is C63H40N2O. The van der Waals surface area contributed by atoms with E-state index in [2.05, 4.69) is 252 Å². The number of fused-ring (bicyclic) bond motifs is 16. The second-order valence-electron chi connectivity index (χ2n) is 17.6. The van der Waals surface area contributed by atoms with Crippen LogP contribution in [0.2, 0.25) is 0 Å². The van der Waals surface area contributed by atoms with Gasteiger partial charge in [-0.1, -0.05) is 176 Å². The first-order valence-corrected chi connectivity index (χ1v) is 22.8. The predicted molar refractivity (Wildman–Crippen MR) is 274 cm³/mol. The van der Waals surface area contributed by atoms with E-state index < -0.39 is 5.41 Å². The molecule has 1 aromatic heterocycles. The second kappa shape index (κ2) is 14.2. The zero-order valence-electron chi connectivity index (χ0n) is 35.9. The molecule has 11 aromatic carbocycles. The van der Waals surface area contributed by atoms with Crippen LogP contribution >= 0.6 is 0 Å². The molecule has 308 valence electrons. The first-order chi connectivity index (χ1) is 32.8. The molecule has 0 unspecified atom stereocenters. The molecule has 2 aliphatic carbocycles. The molecule has 12 aromatic rings. The fourth-order valence-corrected chi connectivity index (χ4v) is 11.5. The maximum Gasteiger partial charge on any atom is 0.143 e. The van der Waals surface area contributed by atoms with Crippen molar-refractivity contribution in [3.05, 3.63) is 265 Å². The van der Waals surface area contributed by atoms with Crippen molar-refractivity contribution >= 4 is 77.6 Å². The molecule has 0 atom stereocenters. The Morgan fingerprint density at radius 3 is 1.41 bits per heavy atom. The topological polar surface area (TPSA) is 19.6 Å². The van der Waals surface area contributed by atoms with Gasteiger partial charge in [0.05, 0.1) is 16.8 Å². The van der Waals surface area contributed by atoms with Gasteiger partial charge in [0.1, 0.15) is 11.2 Å². The van der Waals surface area contributed by atoms with Crippen molar-refractivity contribution in [1.82, 2.24) is 0 Å². The highest BCUT2D eigenvalue weighted by atomic mass is 16.3. The zero-order chi connectivity index (χ0) is 43.3. The minimum atomic E-state index is -0.683. The highest BCUT2D eigenvalue weighted by Gasteiger charge is 2.53. The van der Waals surface area contributed by atoms with Crippen molar-refractivity contribution in [3.8, 4) is 22.3 Å². The van der Waals surface area contributed by atoms with E-state index in [9.17, 15) is 0 Å². The highest BCUT2D eigenvalue weighted by Crippen LogP contribution is 2.65. The summed E-state index contributed by atoms with van der Waals surface area (Å²) < 4.78 is 6.95. The summed E-state index contributed by atoms with van der Waals surface area (Å²) in [6, 6.07) is 88.9. The van der Waals surface area contributed by atoms with E-state index in [-0.39, 0.29) is 0 Å². The Labute approximate surface area is 382 Å². The van der Waals surface area contributed by atoms with Crippen LogP contribution in [-0.4, -0.2) is 0 Å². The number of rotatable bonds is 6. The standard InChI is InChI=1S/C63H40N2O/c1-3-21-43(22-4-1)64(58-30-15-19-41-17-7-9-25-47(41)58)45-33-35-49-50-36-34-46(65(44-23-5-2-6-24-44)59-31-16-20-42-18-8-10-26-48(42)59)40-57(50)63(56(49)39-45)54-29-13-11-28-53(54)61-55(63)38-37-52-51-27-12-14-32-60(51)66-62(52)61/h1-40H. The normalized spacial score (nSPS) is 13.0. The number of benzene rings is 11. The molecule has 0 bridgehead atoms. The number of hydrogen-bond donors (Lipinski definition) is 0. The number of hydrogen-bond acceptors (Lipinski definition) is 3. The van der Waals surface area contributed by atoms with Gasteiger partial charge in [0, 0.05) is 49.9 Å². The summed E-state index contributed by atoms with van der Waals surface area (Å²) in [6.45, 7) is 0. The average Bonchev–Trinajstić information content (AvgIpc) is 4.01. The average molecular weight is 841 g/mol. The lowest BCUT2D eigenvalue weighted by atomic mass is 9.70. The predicted octanol–water partition coefficient (Wildman–Crippen LogP) is 17.2. The van der Waals surface area contributed by atoms with E-state index >= 15 is 0 Å². The summed E-state index contributed by atoms with van der Waals surface area (Å²) in [6.07, 6.45) is 0. The molecule has 0 amide bonds. The van der Waals surface area contributed by atoms with Crippen LogP contribution in [0.3, 0.4) is 0 Å². The Kier molecular flexibility index (Phi) is 7.90. The largest absolute Gasteiger partial charge is 0.455 e. The highest BCUT2D eigenvalue weighted by molar-refractivity contribution is 6.13. The Morgan fingerprint density at radius 1 is 0.303 bits per heavy atom. The maximum atomic E-state index is 6.95. The van der Waals surface area contributed by atoms with Gasteiger partial charge < -0.3 is 14.2 Å². The molecule has 0 aliphatic heterocycles. The lowest BCUT2D eigenvalue weighted by molar-refractivity contribution is 0.669. The van der Waals surface area contributed by atoms with Gasteiger partial charge in [-0.05, 0) is 116 Å². The minimum Gasteiger partial charge on any atom is -0.455 e. The van der Waals surface area contributed by atoms with Crippen LogP contribution in [0.4, 0.5) is 34.1 Å². The van der Waals surface area contributed by atoms with E-state index in [1.807, 2.05) is 0 Å². The molecule has 0 radical (unpaired) electrons. The van der Waals surface area contributed by atoms with Gasteiger partial charge in [0.25, 0.3) is 0 Å². The molecular weight excluding hydrogens is 801 g/mol. The Hall–Kier alpha value is -8.66. The molecule has 0 N–H and O–H groups in total. The molecule has 66 heavy (non-hydrogen) atoms. The van der Waals surface area contributed by atoms with Gasteiger partial charge in [0.2, 0.25) is 0 Å². The van der Waals surface area contributed by atoms with E-state index in [0.717, 1.165) is 61.6 Å². The molecule has 1 spiro atoms. The molecule has 2 aliphatic rings. The van der Waals surface area contributed by atoms with Crippen molar-refractivity contribution in [1.29, 1.82) is 0 Å². The number of anilines is 6. The summed E-state index contributed by atoms with van der Waals surface area (Å²) >= 11 is 0. The van der Waals surface area contributed by atoms with E-state index in [1.54, 1.807) is 0 Å². The van der Waals surface area contributed by atoms with Crippen LogP contribution in [0.15, 0.2) is 247 Å². The Morgan fingerprint density at radius 2 is 0.803 bits per heavy atom. The first kappa shape index (κ1) is 36.8. The van der Waals surface area contributed by atoms with E-state index in [0.29, 0.717) is 0 Å². The van der Waals surface area contributed by atoms with Crippen LogP contribution < -0.4 is 9.80 Å². The summed E-state index contributed by atoms with van der Waals surface area (Å²) in [5.74, 6) is 0. The maximum absolute atomic E-state index is 6.95. The fourth-order valence-electron chi connectivity index (χ4n) is 11.5. The fraction of sp³-hybridized carbons (Fsp3) is 0.0159. The van der Waals surface area contributed by atoms with Gasteiger partial charge in [-0.2, -0.15) is 0 Å². The molecule has 3 heteroatoms. The van der Waals surface area contributed by atoms with E-state index in [1.165, 1.54) is 60.5 Å². The lowest BCUT2D eigenvalue weighted by Gasteiger charge is -2.33. The summed E-state index contributed by atoms with van der Waals surface area (Å²) in [7, 11) is 0. The van der Waals surface area contributed by atoms with Crippen LogP contribution in [0.1, 0.15) is 22.3 Å². The van der Waals surface area contributed by atoms with Crippen LogP contribution in [0.5, 0.6) is 0 Å². The zero-order valence-corrected chi connectivity index (χ0v) is 35.9. The summed E-state index contributed by atoms with van der Waals surface area (Å²) in [5.41, 5.74) is 17.7. The van der Waals surface area contributed by atoms with Gasteiger partial charge in [-0.25, -0.2) is 0 Å². The van der Waals surface area contributed by atoms with Gasteiger partial charge in [0.15, 0.2) is 0 Å². The number of furan rings is 1. The number of para-hydroxylation sites is 3. The van der Waals surface area contributed by atoms with Crippen molar-refractivity contribution < 1.29 is 4.42 Å². The molecule has 0 saturated heterocycles. The Bertz CT molecular complexity index is 3720. The molecule has 1 heterocycles. The van der Waals surface area contributed by atoms with Gasteiger partial charge in [-0.15, -0.1) is 0 Å². The molecule has 14 rings (SSSR count). The molecule has 0 saturated carbocycles. The third-order valence-electron chi connectivity index (χ3n) is 14.2. The third kappa shape index (κ3) is 5.14. The second-order valence-corrected chi connectivity index (χ2v) is 17.6. The number of nitrogens with zero attached hydrogens (tertiary/aromatic N) is 2. The van der Waals surface area contributed by atoms with E-state index in [4.69, 9.17) is 4.42 Å². The van der Waals surface area contributed by atoms with Crippen LogP contribution in [-0.2, 0) is 5.41 Å². The molecule has 3 nitrogen and oxygen atoms in total. The summed E-state index contributed by atoms with van der Waals surface area (Å²) in [5, 5.41) is 7.07. The third-order valence-corrected chi connectivity index (χ3v) is 14.2. The van der Waals surface area contributed by atoms with Gasteiger partial charge >= 0.3 is 0 Å². The minimum absolute atomic E-state index is 0.683. The lowest BCUT2D eigenvalue weighted by Crippen LogP contribution is -2.26. The SMILES string of the molecule is c1ccc(N(c2ccc3c(c2)C2(c4cc(N(c5ccccc5)c5cccc6ccccc56)ccc4-3)c3ccccc3-c3c2ccc2c3oc3ccccc32)c2cccc3ccccc23)cc1. The van der Waals surface area contributed by atoms with Crippen molar-refractivity contribution in [2.75, 3.05) is 9.80 Å². The quantitative estimate of drug-likeness (QED) is 0.166. The monoisotopic (exact) mass is 840 g/mol. The van der Waals surface area contributed by atoms with Crippen molar-refractivity contribution in [2.24, 2.45) is 0 Å². The molecule has 0 fully saturated rings.